The smallest absolute Gasteiger partial charge is 0.133 e. The largest absolute Gasteiger partial charge is 0.370 e. The van der Waals surface area contributed by atoms with Gasteiger partial charge in [-0.25, -0.2) is 4.98 Å². The van der Waals surface area contributed by atoms with Crippen molar-refractivity contribution in [2.45, 2.75) is 19.3 Å². The summed E-state index contributed by atoms with van der Waals surface area (Å²) in [6.07, 6.45) is 5.77. The first-order valence-corrected chi connectivity index (χ1v) is 8.49. The summed E-state index contributed by atoms with van der Waals surface area (Å²) in [7, 11) is 2.21. The molecule has 2 aromatic rings. The molecule has 1 aromatic carbocycles. The van der Waals surface area contributed by atoms with Crippen LogP contribution in [0.15, 0.2) is 34.9 Å². The second-order valence-corrected chi connectivity index (χ2v) is 6.81. The van der Waals surface area contributed by atoms with Crippen molar-refractivity contribution in [3.63, 3.8) is 0 Å². The fraction of sp³-hybridized carbons (Fsp3) is 0.471. The van der Waals surface area contributed by atoms with E-state index in [1.807, 2.05) is 6.20 Å². The summed E-state index contributed by atoms with van der Waals surface area (Å²) < 4.78 is 1.13. The van der Waals surface area contributed by atoms with Gasteiger partial charge in [-0.05, 0) is 57.5 Å². The third-order valence-electron chi connectivity index (χ3n) is 4.44. The molecule has 0 amide bonds. The van der Waals surface area contributed by atoms with Crippen LogP contribution in [0.25, 0.3) is 10.8 Å². The number of hydrogen-bond donors (Lipinski definition) is 1. The van der Waals surface area contributed by atoms with Crippen LogP contribution in [0.1, 0.15) is 19.3 Å². The van der Waals surface area contributed by atoms with Crippen LogP contribution in [0.5, 0.6) is 0 Å². The number of aromatic nitrogens is 1. The van der Waals surface area contributed by atoms with Gasteiger partial charge in [-0.15, -0.1) is 0 Å². The second-order valence-electron chi connectivity index (χ2n) is 5.96. The Morgan fingerprint density at radius 1 is 1.24 bits per heavy atom. The van der Waals surface area contributed by atoms with Crippen molar-refractivity contribution in [2.75, 3.05) is 32.0 Å². The molecule has 4 heteroatoms. The number of nitrogens with one attached hydrogen (secondary N) is 1. The second kappa shape index (κ2) is 6.75. The van der Waals surface area contributed by atoms with Crippen molar-refractivity contribution in [3.05, 3.63) is 34.9 Å². The van der Waals surface area contributed by atoms with Gasteiger partial charge in [-0.2, -0.15) is 0 Å². The lowest BCUT2D eigenvalue weighted by atomic mass is 9.94. The van der Waals surface area contributed by atoms with E-state index in [-0.39, 0.29) is 0 Å². The average molecular weight is 348 g/mol. The monoisotopic (exact) mass is 347 g/mol. The predicted molar refractivity (Wildman–Crippen MR) is 92.8 cm³/mol. The van der Waals surface area contributed by atoms with E-state index in [9.17, 15) is 0 Å². The molecule has 0 saturated carbocycles. The Hall–Kier alpha value is -1.13. The highest BCUT2D eigenvalue weighted by Gasteiger charge is 2.16. The molecule has 1 N–H and O–H groups in total. The maximum Gasteiger partial charge on any atom is 0.133 e. The summed E-state index contributed by atoms with van der Waals surface area (Å²) in [4.78, 5) is 6.93. The zero-order valence-electron chi connectivity index (χ0n) is 12.5. The number of piperidine rings is 1. The zero-order valence-corrected chi connectivity index (χ0v) is 14.1. The number of benzene rings is 1. The molecule has 0 unspecified atom stereocenters. The highest BCUT2D eigenvalue weighted by Crippen LogP contribution is 2.28. The van der Waals surface area contributed by atoms with Gasteiger partial charge < -0.3 is 10.2 Å². The van der Waals surface area contributed by atoms with Crippen molar-refractivity contribution in [1.29, 1.82) is 0 Å². The highest BCUT2D eigenvalue weighted by molar-refractivity contribution is 9.10. The Balaban J connectivity index is 1.62. The van der Waals surface area contributed by atoms with Crippen LogP contribution in [0.3, 0.4) is 0 Å². The van der Waals surface area contributed by atoms with E-state index in [4.69, 9.17) is 0 Å². The number of halogens is 1. The van der Waals surface area contributed by atoms with E-state index in [1.165, 1.54) is 43.1 Å². The van der Waals surface area contributed by atoms with Gasteiger partial charge in [0, 0.05) is 28.0 Å². The molecule has 3 rings (SSSR count). The van der Waals surface area contributed by atoms with Gasteiger partial charge >= 0.3 is 0 Å². The molecule has 0 aliphatic carbocycles. The zero-order chi connectivity index (χ0) is 14.7. The SMILES string of the molecule is CN1CCC(CCNc2nccc3c(Br)cccc23)CC1. The molecule has 1 saturated heterocycles. The lowest BCUT2D eigenvalue weighted by Gasteiger charge is -2.28. The maximum atomic E-state index is 4.50. The minimum absolute atomic E-state index is 0.857. The number of anilines is 1. The van der Waals surface area contributed by atoms with E-state index in [2.05, 4.69) is 62.4 Å². The van der Waals surface area contributed by atoms with Crippen molar-refractivity contribution < 1.29 is 0 Å². The van der Waals surface area contributed by atoms with Crippen molar-refractivity contribution in [1.82, 2.24) is 9.88 Å². The molecule has 1 aromatic heterocycles. The van der Waals surface area contributed by atoms with Crippen LogP contribution in [0.4, 0.5) is 5.82 Å². The van der Waals surface area contributed by atoms with E-state index >= 15 is 0 Å². The third kappa shape index (κ3) is 3.55. The van der Waals surface area contributed by atoms with Crippen molar-refractivity contribution in [2.24, 2.45) is 5.92 Å². The molecular weight excluding hydrogens is 326 g/mol. The molecule has 0 radical (unpaired) electrons. The first kappa shape index (κ1) is 14.8. The maximum absolute atomic E-state index is 4.50. The normalized spacial score (nSPS) is 17.2. The molecule has 21 heavy (non-hydrogen) atoms. The Morgan fingerprint density at radius 3 is 2.86 bits per heavy atom. The van der Waals surface area contributed by atoms with Gasteiger partial charge in [-0.1, -0.05) is 28.1 Å². The van der Waals surface area contributed by atoms with Crippen LogP contribution in [-0.4, -0.2) is 36.6 Å². The lowest BCUT2D eigenvalue weighted by Crippen LogP contribution is -2.30. The molecule has 3 nitrogen and oxygen atoms in total. The predicted octanol–water partition coefficient (Wildman–Crippen LogP) is 4.14. The Labute approximate surface area is 134 Å². The molecule has 1 aliphatic heterocycles. The minimum Gasteiger partial charge on any atom is -0.370 e. The van der Waals surface area contributed by atoms with Gasteiger partial charge in [0.25, 0.3) is 0 Å². The first-order valence-electron chi connectivity index (χ1n) is 7.69. The standard InChI is InChI=1S/C17H22BrN3/c1-21-11-7-13(8-12-21)5-9-19-17-15-3-2-4-16(18)14(15)6-10-20-17/h2-4,6,10,13H,5,7-9,11-12H2,1H3,(H,19,20). The number of fused-ring (bicyclic) bond motifs is 1. The Kier molecular flexibility index (Phi) is 4.76. The number of likely N-dealkylation sites (tertiary alicyclic amines) is 1. The third-order valence-corrected chi connectivity index (χ3v) is 5.13. The van der Waals surface area contributed by atoms with Gasteiger partial charge in [0.05, 0.1) is 0 Å². The van der Waals surface area contributed by atoms with Crippen molar-refractivity contribution in [3.8, 4) is 0 Å². The van der Waals surface area contributed by atoms with Crippen molar-refractivity contribution >= 4 is 32.5 Å². The van der Waals surface area contributed by atoms with Gasteiger partial charge in [0.1, 0.15) is 5.82 Å². The lowest BCUT2D eigenvalue weighted by molar-refractivity contribution is 0.215. The number of nitrogens with zero attached hydrogens (tertiary/aromatic N) is 2. The molecule has 0 spiro atoms. The van der Waals surface area contributed by atoms with Crippen LogP contribution >= 0.6 is 15.9 Å². The average Bonchev–Trinajstić information content (AvgIpc) is 2.50. The van der Waals surface area contributed by atoms with Crippen LogP contribution in [0, 0.1) is 5.92 Å². The molecule has 2 heterocycles. The van der Waals surface area contributed by atoms with E-state index in [0.717, 1.165) is 22.8 Å². The summed E-state index contributed by atoms with van der Waals surface area (Å²) in [6, 6.07) is 8.33. The quantitative estimate of drug-likeness (QED) is 0.900. The topological polar surface area (TPSA) is 28.2 Å². The summed E-state index contributed by atoms with van der Waals surface area (Å²) in [5, 5.41) is 5.93. The summed E-state index contributed by atoms with van der Waals surface area (Å²) in [6.45, 7) is 3.49. The van der Waals surface area contributed by atoms with E-state index < -0.39 is 0 Å². The molecule has 0 bridgehead atoms. The molecule has 112 valence electrons. The van der Waals surface area contributed by atoms with E-state index in [0.29, 0.717) is 0 Å². The van der Waals surface area contributed by atoms with Gasteiger partial charge in [0.2, 0.25) is 0 Å². The highest BCUT2D eigenvalue weighted by atomic mass is 79.9. The molecule has 0 atom stereocenters. The first-order chi connectivity index (χ1) is 10.2. The molecule has 1 fully saturated rings. The van der Waals surface area contributed by atoms with E-state index in [1.54, 1.807) is 0 Å². The summed E-state index contributed by atoms with van der Waals surface area (Å²) in [5.74, 6) is 1.86. The number of pyridine rings is 1. The Bertz CT molecular complexity index is 606. The summed E-state index contributed by atoms with van der Waals surface area (Å²) >= 11 is 3.61. The van der Waals surface area contributed by atoms with Crippen LogP contribution < -0.4 is 5.32 Å². The molecular formula is C17H22BrN3. The van der Waals surface area contributed by atoms with Crippen LogP contribution in [-0.2, 0) is 0 Å². The van der Waals surface area contributed by atoms with Gasteiger partial charge in [-0.3, -0.25) is 0 Å². The van der Waals surface area contributed by atoms with Gasteiger partial charge in [0.15, 0.2) is 0 Å². The fourth-order valence-corrected chi connectivity index (χ4v) is 3.55. The number of rotatable bonds is 4. The fourth-order valence-electron chi connectivity index (χ4n) is 3.06. The van der Waals surface area contributed by atoms with Crippen LogP contribution in [0.2, 0.25) is 0 Å². The number of hydrogen-bond acceptors (Lipinski definition) is 3. The minimum atomic E-state index is 0.857. The summed E-state index contributed by atoms with van der Waals surface area (Å²) in [5.41, 5.74) is 0. The molecule has 1 aliphatic rings. The Morgan fingerprint density at radius 2 is 2.05 bits per heavy atom.